The molecule has 1 aromatic heterocycles. The van der Waals surface area contributed by atoms with Crippen LogP contribution in [0.5, 0.6) is 0 Å². The lowest BCUT2D eigenvalue weighted by atomic mass is 9.87. The number of rotatable bonds is 5. The Labute approximate surface area is 136 Å². The molecule has 2 aliphatic heterocycles. The molecular formula is C15H25N5OS. The Kier molecular flexibility index (Phi) is 5.38. The van der Waals surface area contributed by atoms with Crippen molar-refractivity contribution < 1.29 is 4.79 Å². The van der Waals surface area contributed by atoms with Gasteiger partial charge in [-0.25, -0.2) is 0 Å². The zero-order chi connectivity index (χ0) is 15.3. The molecule has 2 saturated heterocycles. The van der Waals surface area contributed by atoms with Crippen LogP contribution in [0.4, 0.5) is 0 Å². The first-order valence-corrected chi connectivity index (χ1v) is 9.26. The maximum absolute atomic E-state index is 12.8. The van der Waals surface area contributed by atoms with Crippen molar-refractivity contribution in [1.29, 1.82) is 0 Å². The van der Waals surface area contributed by atoms with Gasteiger partial charge in [0.15, 0.2) is 0 Å². The lowest BCUT2D eigenvalue weighted by Crippen LogP contribution is -2.55. The van der Waals surface area contributed by atoms with Gasteiger partial charge in [0.05, 0.1) is 0 Å². The molecule has 2 aliphatic rings. The van der Waals surface area contributed by atoms with Crippen molar-refractivity contribution in [3.8, 4) is 0 Å². The van der Waals surface area contributed by atoms with E-state index < -0.39 is 5.54 Å². The Bertz CT molecular complexity index is 466. The molecule has 0 bridgehead atoms. The van der Waals surface area contributed by atoms with Crippen LogP contribution in [0.15, 0.2) is 18.5 Å². The normalized spacial score (nSPS) is 22.4. The van der Waals surface area contributed by atoms with E-state index in [-0.39, 0.29) is 5.91 Å². The lowest BCUT2D eigenvalue weighted by molar-refractivity contribution is -0.132. The number of nitrogens with one attached hydrogen (secondary N) is 2. The van der Waals surface area contributed by atoms with E-state index in [0.29, 0.717) is 0 Å². The molecule has 1 amide bonds. The molecule has 0 aliphatic carbocycles. The Morgan fingerprint density at radius 1 is 1.32 bits per heavy atom. The van der Waals surface area contributed by atoms with E-state index in [1.165, 1.54) is 11.5 Å². The Morgan fingerprint density at radius 2 is 2.09 bits per heavy atom. The summed E-state index contributed by atoms with van der Waals surface area (Å²) in [5.41, 5.74) is -0.521. The van der Waals surface area contributed by atoms with Gasteiger partial charge < -0.3 is 10.6 Å². The summed E-state index contributed by atoms with van der Waals surface area (Å²) in [5, 5.41) is 10.8. The molecule has 22 heavy (non-hydrogen) atoms. The number of hydrogen-bond donors (Lipinski definition) is 2. The molecular weight excluding hydrogens is 298 g/mol. The highest BCUT2D eigenvalue weighted by atomic mass is 32.2. The van der Waals surface area contributed by atoms with E-state index in [4.69, 9.17) is 0 Å². The van der Waals surface area contributed by atoms with Crippen LogP contribution in [0, 0.1) is 0 Å². The summed E-state index contributed by atoms with van der Waals surface area (Å²) in [6, 6.07) is 1.89. The van der Waals surface area contributed by atoms with Crippen molar-refractivity contribution in [3.63, 3.8) is 0 Å². The number of aromatic nitrogens is 2. The molecule has 3 heterocycles. The van der Waals surface area contributed by atoms with Crippen molar-refractivity contribution in [2.24, 2.45) is 0 Å². The zero-order valence-electron chi connectivity index (χ0n) is 13.0. The highest BCUT2D eigenvalue weighted by Gasteiger charge is 2.41. The average Bonchev–Trinajstić information content (AvgIpc) is 3.11. The third kappa shape index (κ3) is 3.47. The van der Waals surface area contributed by atoms with Crippen LogP contribution in [0.3, 0.4) is 0 Å². The van der Waals surface area contributed by atoms with Gasteiger partial charge in [0.1, 0.15) is 5.54 Å². The molecule has 2 N–H and O–H groups in total. The second kappa shape index (κ2) is 7.48. The number of hydrogen-bond acceptors (Lipinski definition) is 5. The van der Waals surface area contributed by atoms with E-state index in [1.807, 2.05) is 28.7 Å². The van der Waals surface area contributed by atoms with Crippen LogP contribution in [0.25, 0.3) is 0 Å². The summed E-state index contributed by atoms with van der Waals surface area (Å²) in [6.45, 7) is 5.65. The number of amides is 1. The molecule has 0 atom stereocenters. The fourth-order valence-corrected chi connectivity index (χ4v) is 4.22. The summed E-state index contributed by atoms with van der Waals surface area (Å²) in [5.74, 6) is 2.53. The molecule has 0 aromatic carbocycles. The monoisotopic (exact) mass is 323 g/mol. The van der Waals surface area contributed by atoms with Gasteiger partial charge >= 0.3 is 0 Å². The standard InChI is InChI=1S/C15H25N5OS/c21-14(17-7-9-19-10-12-22-13-11-19)15(2-5-16-6-3-15)20-8-1-4-18-20/h1,4,8,16H,2-3,5-7,9-13H2,(H,17,21). The smallest absolute Gasteiger partial charge is 0.248 e. The van der Waals surface area contributed by atoms with Gasteiger partial charge in [-0.05, 0) is 32.0 Å². The number of carbonyl (C=O) groups is 1. The largest absolute Gasteiger partial charge is 0.353 e. The summed E-state index contributed by atoms with van der Waals surface area (Å²) < 4.78 is 1.85. The van der Waals surface area contributed by atoms with Crippen LogP contribution in [0.1, 0.15) is 12.8 Å². The molecule has 0 radical (unpaired) electrons. The van der Waals surface area contributed by atoms with Gasteiger partial charge in [-0.3, -0.25) is 14.4 Å². The van der Waals surface area contributed by atoms with E-state index in [0.717, 1.165) is 52.1 Å². The number of carbonyl (C=O) groups excluding carboxylic acids is 1. The third-order valence-corrected chi connectivity index (χ3v) is 5.56. The third-order valence-electron chi connectivity index (χ3n) is 4.61. The Balaban J connectivity index is 1.58. The predicted molar refractivity (Wildman–Crippen MR) is 89.1 cm³/mol. The first-order valence-electron chi connectivity index (χ1n) is 8.10. The van der Waals surface area contributed by atoms with Crippen LogP contribution in [-0.4, -0.2) is 71.4 Å². The minimum atomic E-state index is -0.521. The van der Waals surface area contributed by atoms with Gasteiger partial charge in [-0.15, -0.1) is 0 Å². The zero-order valence-corrected chi connectivity index (χ0v) is 13.8. The van der Waals surface area contributed by atoms with Crippen molar-refractivity contribution in [2.75, 3.05) is 50.8 Å². The predicted octanol–water partition coefficient (Wildman–Crippen LogP) is 0.127. The molecule has 2 fully saturated rings. The first-order chi connectivity index (χ1) is 10.8. The Morgan fingerprint density at radius 3 is 2.77 bits per heavy atom. The SMILES string of the molecule is O=C(NCCN1CCSCC1)C1(n2cccn2)CCNCC1. The van der Waals surface area contributed by atoms with Gasteiger partial charge in [0, 0.05) is 50.1 Å². The van der Waals surface area contributed by atoms with Crippen LogP contribution >= 0.6 is 11.8 Å². The average molecular weight is 323 g/mol. The minimum absolute atomic E-state index is 0.115. The van der Waals surface area contributed by atoms with E-state index in [1.54, 1.807) is 6.20 Å². The van der Waals surface area contributed by atoms with Crippen LogP contribution in [0.2, 0.25) is 0 Å². The summed E-state index contributed by atoms with van der Waals surface area (Å²) >= 11 is 2.01. The number of piperidine rings is 1. The molecule has 1 aromatic rings. The highest BCUT2D eigenvalue weighted by molar-refractivity contribution is 7.99. The highest BCUT2D eigenvalue weighted by Crippen LogP contribution is 2.27. The fraction of sp³-hybridized carbons (Fsp3) is 0.733. The van der Waals surface area contributed by atoms with Gasteiger partial charge in [0.2, 0.25) is 5.91 Å². The van der Waals surface area contributed by atoms with Crippen molar-refractivity contribution in [2.45, 2.75) is 18.4 Å². The summed E-state index contributed by atoms with van der Waals surface area (Å²) in [6.07, 6.45) is 5.25. The molecule has 7 heteroatoms. The van der Waals surface area contributed by atoms with E-state index >= 15 is 0 Å². The van der Waals surface area contributed by atoms with E-state index in [2.05, 4.69) is 20.6 Å². The fourth-order valence-electron chi connectivity index (χ4n) is 3.24. The first kappa shape index (κ1) is 15.8. The number of thioether (sulfide) groups is 1. The summed E-state index contributed by atoms with van der Waals surface area (Å²) in [4.78, 5) is 15.3. The topological polar surface area (TPSA) is 62.2 Å². The Hall–Kier alpha value is -1.05. The molecule has 0 unspecified atom stereocenters. The second-order valence-corrected chi connectivity index (χ2v) is 7.17. The number of nitrogens with zero attached hydrogens (tertiary/aromatic N) is 3. The molecule has 122 valence electrons. The molecule has 0 saturated carbocycles. The maximum Gasteiger partial charge on any atom is 0.248 e. The minimum Gasteiger partial charge on any atom is -0.353 e. The van der Waals surface area contributed by atoms with Gasteiger partial charge in [-0.1, -0.05) is 0 Å². The molecule has 0 spiro atoms. The second-order valence-electron chi connectivity index (χ2n) is 5.94. The quantitative estimate of drug-likeness (QED) is 0.806. The van der Waals surface area contributed by atoms with Crippen molar-refractivity contribution in [3.05, 3.63) is 18.5 Å². The molecule has 3 rings (SSSR count). The van der Waals surface area contributed by atoms with E-state index in [9.17, 15) is 4.79 Å². The van der Waals surface area contributed by atoms with Crippen molar-refractivity contribution in [1.82, 2.24) is 25.3 Å². The van der Waals surface area contributed by atoms with Crippen LogP contribution < -0.4 is 10.6 Å². The van der Waals surface area contributed by atoms with Crippen molar-refractivity contribution >= 4 is 17.7 Å². The summed E-state index contributed by atoms with van der Waals surface area (Å²) in [7, 11) is 0. The van der Waals surface area contributed by atoms with Crippen LogP contribution in [-0.2, 0) is 10.3 Å². The molecule has 6 nitrogen and oxygen atoms in total. The van der Waals surface area contributed by atoms with Gasteiger partial charge in [-0.2, -0.15) is 16.9 Å². The van der Waals surface area contributed by atoms with Gasteiger partial charge in [0.25, 0.3) is 0 Å². The maximum atomic E-state index is 12.8. The lowest BCUT2D eigenvalue weighted by Gasteiger charge is -2.36.